The first kappa shape index (κ1) is 11.5. The van der Waals surface area contributed by atoms with Gasteiger partial charge in [-0.3, -0.25) is 0 Å². The average Bonchev–Trinajstić information content (AvgIpc) is 2.38. The van der Waals surface area contributed by atoms with Crippen molar-refractivity contribution in [2.45, 2.75) is 4.90 Å². The molecular weight excluding hydrogens is 230 g/mol. The molecule has 0 saturated heterocycles. The van der Waals surface area contributed by atoms with E-state index in [1.807, 2.05) is 48.6 Å². The fourth-order valence-corrected chi connectivity index (χ4v) is 2.01. The molecule has 0 amide bonds. The second kappa shape index (κ2) is 5.41. The van der Waals surface area contributed by atoms with Crippen LogP contribution < -0.4 is 10.5 Å². The molecule has 0 heterocycles. The first-order valence-corrected chi connectivity index (χ1v) is 6.00. The van der Waals surface area contributed by atoms with Crippen LogP contribution in [0.2, 0.25) is 0 Å². The minimum absolute atomic E-state index is 0.422. The van der Waals surface area contributed by atoms with Gasteiger partial charge in [0.15, 0.2) is 0 Å². The Morgan fingerprint density at radius 2 is 1.82 bits per heavy atom. The highest BCUT2D eigenvalue weighted by atomic mass is 32.2. The molecule has 1 aromatic carbocycles. The molecule has 0 bridgehead atoms. The highest BCUT2D eigenvalue weighted by Gasteiger charge is 2.06. The third-order valence-corrected chi connectivity index (χ3v) is 3.07. The third-order valence-electron chi connectivity index (χ3n) is 2.24. The first-order chi connectivity index (χ1) is 8.27. The summed E-state index contributed by atoms with van der Waals surface area (Å²) in [6, 6.07) is 9.91. The van der Waals surface area contributed by atoms with E-state index in [-0.39, 0.29) is 0 Å². The molecule has 0 radical (unpaired) electrons. The molecule has 0 fully saturated rings. The Morgan fingerprint density at radius 1 is 1.12 bits per heavy atom. The number of nitrogens with two attached hydrogens (primary N) is 1. The SMILES string of the molecule is N=C1C=CC=C/C1=C(/N)NSc1ccccc1. The molecule has 4 heteroatoms. The third kappa shape index (κ3) is 3.01. The molecule has 86 valence electrons. The Kier molecular flexibility index (Phi) is 3.67. The molecule has 0 aliphatic heterocycles. The van der Waals surface area contributed by atoms with Crippen LogP contribution in [0.15, 0.2) is 70.9 Å². The zero-order valence-corrected chi connectivity index (χ0v) is 10.00. The van der Waals surface area contributed by atoms with Crippen LogP contribution in [0.4, 0.5) is 0 Å². The molecule has 4 N–H and O–H groups in total. The zero-order chi connectivity index (χ0) is 12.1. The van der Waals surface area contributed by atoms with Crippen LogP contribution >= 0.6 is 11.9 Å². The van der Waals surface area contributed by atoms with Crippen molar-refractivity contribution in [2.24, 2.45) is 5.73 Å². The van der Waals surface area contributed by atoms with Gasteiger partial charge < -0.3 is 15.9 Å². The van der Waals surface area contributed by atoms with Crippen LogP contribution in [-0.4, -0.2) is 5.71 Å². The highest BCUT2D eigenvalue weighted by molar-refractivity contribution is 7.97. The van der Waals surface area contributed by atoms with E-state index in [1.165, 1.54) is 11.9 Å². The predicted octanol–water partition coefficient (Wildman–Crippen LogP) is 2.60. The van der Waals surface area contributed by atoms with E-state index in [2.05, 4.69) is 4.72 Å². The van der Waals surface area contributed by atoms with Gasteiger partial charge in [-0.1, -0.05) is 30.4 Å². The standard InChI is InChI=1S/C13H13N3S/c14-12-9-5-4-8-11(12)13(15)16-17-10-6-2-1-3-7-10/h1-9,14,16H,15H2/b13-11+,14-12?. The van der Waals surface area contributed by atoms with Crippen molar-refractivity contribution in [3.63, 3.8) is 0 Å². The lowest BCUT2D eigenvalue weighted by atomic mass is 10.1. The van der Waals surface area contributed by atoms with Gasteiger partial charge in [-0.05, 0) is 36.2 Å². The summed E-state index contributed by atoms with van der Waals surface area (Å²) in [4.78, 5) is 1.08. The van der Waals surface area contributed by atoms with Crippen LogP contribution in [0.3, 0.4) is 0 Å². The quantitative estimate of drug-likeness (QED) is 0.715. The van der Waals surface area contributed by atoms with Crippen LogP contribution in [-0.2, 0) is 0 Å². The van der Waals surface area contributed by atoms with Gasteiger partial charge in [0.25, 0.3) is 0 Å². The van der Waals surface area contributed by atoms with Crippen molar-refractivity contribution >= 4 is 17.7 Å². The molecule has 1 aromatic rings. The van der Waals surface area contributed by atoms with Gasteiger partial charge >= 0.3 is 0 Å². The van der Waals surface area contributed by atoms with Crippen molar-refractivity contribution in [3.05, 3.63) is 66.0 Å². The van der Waals surface area contributed by atoms with Crippen molar-refractivity contribution in [2.75, 3.05) is 0 Å². The van der Waals surface area contributed by atoms with E-state index in [1.54, 1.807) is 6.08 Å². The Bertz CT molecular complexity index is 501. The molecular formula is C13H13N3S. The summed E-state index contributed by atoms with van der Waals surface area (Å²) in [6.07, 6.45) is 7.24. The van der Waals surface area contributed by atoms with Crippen LogP contribution in [0, 0.1) is 5.41 Å². The van der Waals surface area contributed by atoms with Crippen molar-refractivity contribution in [3.8, 4) is 0 Å². The summed E-state index contributed by atoms with van der Waals surface area (Å²) < 4.78 is 3.05. The van der Waals surface area contributed by atoms with Crippen molar-refractivity contribution < 1.29 is 0 Å². The lowest BCUT2D eigenvalue weighted by molar-refractivity contribution is 1.13. The molecule has 17 heavy (non-hydrogen) atoms. The topological polar surface area (TPSA) is 61.9 Å². The first-order valence-electron chi connectivity index (χ1n) is 5.18. The Balaban J connectivity index is 2.04. The Hall–Kier alpha value is -1.94. The van der Waals surface area contributed by atoms with Crippen LogP contribution in [0.1, 0.15) is 0 Å². The Morgan fingerprint density at radius 3 is 2.53 bits per heavy atom. The molecule has 2 rings (SSSR count). The molecule has 0 spiro atoms. The second-order valence-corrected chi connectivity index (χ2v) is 4.36. The van der Waals surface area contributed by atoms with Gasteiger partial charge in [-0.15, -0.1) is 0 Å². The molecule has 1 aliphatic carbocycles. The second-order valence-electron chi connectivity index (χ2n) is 3.48. The maximum absolute atomic E-state index is 7.73. The van der Waals surface area contributed by atoms with E-state index in [9.17, 15) is 0 Å². The number of nitrogens with one attached hydrogen (secondary N) is 2. The maximum Gasteiger partial charge on any atom is 0.116 e. The fraction of sp³-hybridized carbons (Fsp3) is 0. The van der Waals surface area contributed by atoms with Crippen molar-refractivity contribution in [1.29, 1.82) is 5.41 Å². The summed E-state index contributed by atoms with van der Waals surface area (Å²) in [7, 11) is 0. The summed E-state index contributed by atoms with van der Waals surface area (Å²) >= 11 is 1.44. The Labute approximate surface area is 105 Å². The molecule has 0 aromatic heterocycles. The smallest absolute Gasteiger partial charge is 0.116 e. The van der Waals surface area contributed by atoms with E-state index >= 15 is 0 Å². The van der Waals surface area contributed by atoms with E-state index in [0.717, 1.165) is 10.5 Å². The minimum Gasteiger partial charge on any atom is -0.384 e. The van der Waals surface area contributed by atoms with Gasteiger partial charge in [0.1, 0.15) is 5.82 Å². The molecule has 1 aliphatic rings. The fourth-order valence-electron chi connectivity index (χ4n) is 1.38. The van der Waals surface area contributed by atoms with Gasteiger partial charge in [0, 0.05) is 10.5 Å². The zero-order valence-electron chi connectivity index (χ0n) is 9.18. The predicted molar refractivity (Wildman–Crippen MR) is 72.7 cm³/mol. The van der Waals surface area contributed by atoms with Gasteiger partial charge in [-0.25, -0.2) is 0 Å². The van der Waals surface area contributed by atoms with Gasteiger partial charge in [0.05, 0.1) is 5.71 Å². The molecule has 0 atom stereocenters. The van der Waals surface area contributed by atoms with Crippen molar-refractivity contribution in [1.82, 2.24) is 4.72 Å². The largest absolute Gasteiger partial charge is 0.384 e. The summed E-state index contributed by atoms with van der Waals surface area (Å²) in [6.45, 7) is 0. The van der Waals surface area contributed by atoms with Crippen LogP contribution in [0.5, 0.6) is 0 Å². The number of allylic oxidation sites excluding steroid dienone is 5. The van der Waals surface area contributed by atoms with Crippen LogP contribution in [0.25, 0.3) is 0 Å². The van der Waals surface area contributed by atoms with E-state index in [0.29, 0.717) is 11.5 Å². The monoisotopic (exact) mass is 243 g/mol. The summed E-state index contributed by atoms with van der Waals surface area (Å²) in [5.41, 5.74) is 7.05. The van der Waals surface area contributed by atoms with Gasteiger partial charge in [0.2, 0.25) is 0 Å². The summed E-state index contributed by atoms with van der Waals surface area (Å²) in [5, 5.41) is 7.73. The molecule has 0 saturated carbocycles. The normalized spacial score (nSPS) is 17.1. The van der Waals surface area contributed by atoms with Gasteiger partial charge in [-0.2, -0.15) is 0 Å². The summed E-state index contributed by atoms with van der Waals surface area (Å²) in [5.74, 6) is 0.504. The number of hydrogen-bond donors (Lipinski definition) is 3. The minimum atomic E-state index is 0.422. The lowest BCUT2D eigenvalue weighted by Gasteiger charge is -2.11. The highest BCUT2D eigenvalue weighted by Crippen LogP contribution is 2.16. The maximum atomic E-state index is 7.73. The average molecular weight is 243 g/mol. The number of benzene rings is 1. The van der Waals surface area contributed by atoms with E-state index in [4.69, 9.17) is 11.1 Å². The molecule has 3 nitrogen and oxygen atoms in total. The number of hydrogen-bond acceptors (Lipinski definition) is 4. The lowest BCUT2D eigenvalue weighted by Crippen LogP contribution is -2.18. The molecule has 0 unspecified atom stereocenters. The van der Waals surface area contributed by atoms with E-state index < -0.39 is 0 Å². The number of rotatable bonds is 3.